The topological polar surface area (TPSA) is 53.0 Å². The van der Waals surface area contributed by atoms with E-state index < -0.39 is 0 Å². The highest BCUT2D eigenvalue weighted by Crippen LogP contribution is 2.22. The average Bonchev–Trinajstić information content (AvgIpc) is 3.24. The first-order valence-electron chi connectivity index (χ1n) is 10.8. The molecule has 2 aromatic rings. The van der Waals surface area contributed by atoms with E-state index in [-0.39, 0.29) is 36.1 Å². The molecule has 0 fully saturated rings. The molecule has 0 saturated heterocycles. The second-order valence-corrected chi connectivity index (χ2v) is 8.14. The number of rotatable bonds is 11. The number of thiazole rings is 1. The molecule has 0 amide bonds. The largest absolute Gasteiger partial charge is 0.375 e. The molecule has 8 heteroatoms. The van der Waals surface area contributed by atoms with Gasteiger partial charge in [0.25, 0.3) is 0 Å². The van der Waals surface area contributed by atoms with Crippen molar-refractivity contribution in [1.29, 1.82) is 0 Å². The number of halogens is 1. The van der Waals surface area contributed by atoms with E-state index in [1.165, 1.54) is 5.56 Å². The summed E-state index contributed by atoms with van der Waals surface area (Å²) in [6.07, 6.45) is 0.0247. The molecule has 1 aromatic carbocycles. The Morgan fingerprint density at radius 1 is 1.19 bits per heavy atom. The second-order valence-electron chi connectivity index (χ2n) is 7.25. The lowest BCUT2D eigenvalue weighted by atomic mass is 10.1. The van der Waals surface area contributed by atoms with E-state index >= 15 is 0 Å². The summed E-state index contributed by atoms with van der Waals surface area (Å²) in [6, 6.07) is 10.9. The predicted octanol–water partition coefficient (Wildman–Crippen LogP) is 4.95. The monoisotopic (exact) mass is 559 g/mol. The van der Waals surface area contributed by atoms with Gasteiger partial charge in [-0.25, -0.2) is 4.98 Å². The Bertz CT molecular complexity index is 766. The third-order valence-corrected chi connectivity index (χ3v) is 6.27. The summed E-state index contributed by atoms with van der Waals surface area (Å²) in [7, 11) is 3.78. The fourth-order valence-corrected chi connectivity index (χ4v) is 4.26. The lowest BCUT2D eigenvalue weighted by Crippen LogP contribution is -2.39. The van der Waals surface area contributed by atoms with Gasteiger partial charge in [-0.2, -0.15) is 0 Å². The van der Waals surface area contributed by atoms with Gasteiger partial charge in [-0.05, 0) is 32.5 Å². The zero-order valence-electron chi connectivity index (χ0n) is 19.7. The zero-order chi connectivity index (χ0) is 21.9. The van der Waals surface area contributed by atoms with Gasteiger partial charge in [-0.1, -0.05) is 44.2 Å². The number of likely N-dealkylation sites (N-methyl/N-ethyl adjacent to an activating group) is 1. The van der Waals surface area contributed by atoms with Crippen molar-refractivity contribution in [2.75, 3.05) is 40.3 Å². The van der Waals surface area contributed by atoms with Crippen LogP contribution in [0.1, 0.15) is 56.1 Å². The molecule has 2 rings (SSSR count). The highest BCUT2D eigenvalue weighted by Gasteiger charge is 2.19. The Balaban J connectivity index is 0.00000480. The first-order valence-corrected chi connectivity index (χ1v) is 11.7. The van der Waals surface area contributed by atoms with Gasteiger partial charge in [0, 0.05) is 26.1 Å². The van der Waals surface area contributed by atoms with Crippen LogP contribution in [0.15, 0.2) is 40.7 Å². The first kappa shape index (κ1) is 27.8. The van der Waals surface area contributed by atoms with E-state index in [1.807, 2.05) is 6.92 Å². The van der Waals surface area contributed by atoms with Crippen molar-refractivity contribution in [1.82, 2.24) is 20.1 Å². The van der Waals surface area contributed by atoms with Crippen molar-refractivity contribution in [2.24, 2.45) is 4.99 Å². The minimum atomic E-state index is 0. The summed E-state index contributed by atoms with van der Waals surface area (Å²) in [5, 5.41) is 6.55. The van der Waals surface area contributed by atoms with E-state index in [1.54, 1.807) is 18.4 Å². The van der Waals surface area contributed by atoms with Crippen LogP contribution < -0.4 is 5.32 Å². The minimum absolute atomic E-state index is 0. The third-order valence-electron chi connectivity index (χ3n) is 5.22. The zero-order valence-corrected chi connectivity index (χ0v) is 22.8. The molecule has 1 aromatic heterocycles. The number of methoxy groups -OCH3 is 1. The highest BCUT2D eigenvalue weighted by atomic mass is 127. The van der Waals surface area contributed by atoms with E-state index in [0.717, 1.165) is 36.3 Å². The van der Waals surface area contributed by atoms with Crippen LogP contribution in [0.5, 0.6) is 0 Å². The van der Waals surface area contributed by atoms with Gasteiger partial charge >= 0.3 is 0 Å². The summed E-state index contributed by atoms with van der Waals surface area (Å²) < 4.78 is 5.38. The quantitative estimate of drug-likeness (QED) is 0.240. The maximum absolute atomic E-state index is 5.38. The summed E-state index contributed by atoms with van der Waals surface area (Å²) in [5.74, 6) is 0.903. The van der Waals surface area contributed by atoms with E-state index in [0.29, 0.717) is 13.1 Å². The van der Waals surface area contributed by atoms with Crippen LogP contribution in [-0.4, -0.2) is 61.1 Å². The van der Waals surface area contributed by atoms with Gasteiger partial charge in [0.2, 0.25) is 0 Å². The molecule has 0 aliphatic rings. The third kappa shape index (κ3) is 8.32. The number of nitrogens with one attached hydrogen (secondary N) is 1. The Labute approximate surface area is 209 Å². The van der Waals surface area contributed by atoms with E-state index in [2.05, 4.69) is 78.6 Å². The highest BCUT2D eigenvalue weighted by molar-refractivity contribution is 14.0. The van der Waals surface area contributed by atoms with Crippen LogP contribution in [0, 0.1) is 0 Å². The Morgan fingerprint density at radius 2 is 1.87 bits per heavy atom. The van der Waals surface area contributed by atoms with Gasteiger partial charge in [0.1, 0.15) is 11.1 Å². The summed E-state index contributed by atoms with van der Waals surface area (Å²) in [6.45, 7) is 12.8. The second kappa shape index (κ2) is 14.8. The van der Waals surface area contributed by atoms with Crippen LogP contribution in [-0.2, 0) is 11.3 Å². The molecule has 2 atom stereocenters. The molecule has 0 bridgehead atoms. The normalized spacial score (nSPS) is 13.6. The molecular formula is C23H38IN5OS. The van der Waals surface area contributed by atoms with E-state index in [4.69, 9.17) is 14.7 Å². The summed E-state index contributed by atoms with van der Waals surface area (Å²) >= 11 is 1.64. The Kier molecular flexibility index (Phi) is 13.2. The van der Waals surface area contributed by atoms with Crippen molar-refractivity contribution in [3.8, 4) is 0 Å². The maximum atomic E-state index is 5.38. The summed E-state index contributed by atoms with van der Waals surface area (Å²) in [5.41, 5.74) is 2.34. The van der Waals surface area contributed by atoms with Crippen molar-refractivity contribution in [2.45, 2.75) is 46.4 Å². The smallest absolute Gasteiger partial charge is 0.194 e. The van der Waals surface area contributed by atoms with Crippen LogP contribution in [0.25, 0.3) is 0 Å². The summed E-state index contributed by atoms with van der Waals surface area (Å²) in [4.78, 5) is 14.3. The number of hydrogen-bond acceptors (Lipinski definition) is 5. The molecule has 0 radical (unpaired) electrons. The predicted molar refractivity (Wildman–Crippen MR) is 143 cm³/mol. The van der Waals surface area contributed by atoms with Crippen molar-refractivity contribution >= 4 is 41.3 Å². The van der Waals surface area contributed by atoms with Gasteiger partial charge in [0.05, 0.1) is 24.8 Å². The number of aliphatic imine (C=N–C) groups is 1. The van der Waals surface area contributed by atoms with E-state index in [9.17, 15) is 0 Å². The van der Waals surface area contributed by atoms with Crippen molar-refractivity contribution < 1.29 is 4.74 Å². The molecule has 1 N–H and O–H groups in total. The number of aromatic nitrogens is 1. The number of ether oxygens (including phenoxy) is 1. The molecule has 174 valence electrons. The first-order chi connectivity index (χ1) is 14.5. The van der Waals surface area contributed by atoms with Crippen LogP contribution in [0.2, 0.25) is 0 Å². The molecule has 6 nitrogen and oxygen atoms in total. The van der Waals surface area contributed by atoms with Gasteiger partial charge in [-0.15, -0.1) is 35.3 Å². The molecular weight excluding hydrogens is 521 g/mol. The number of benzene rings is 1. The van der Waals surface area contributed by atoms with Crippen molar-refractivity contribution in [3.05, 3.63) is 52.0 Å². The standard InChI is InChI=1S/C23H37N5OS.HI/c1-7-24-23(27(5)16-20-17-30-22(26-20)18(4)29-6)25-15-21(28(8-2)9-3)19-13-11-10-12-14-19;/h10-14,17-18,21H,7-9,15-16H2,1-6H3,(H,24,25);1H. The molecule has 2 unspecified atom stereocenters. The lowest BCUT2D eigenvalue weighted by molar-refractivity contribution is 0.119. The minimum Gasteiger partial charge on any atom is -0.375 e. The SMILES string of the molecule is CCNC(=NCC(c1ccccc1)N(CC)CC)N(C)Cc1csc(C(C)OC)n1.I. The number of nitrogens with zero attached hydrogens (tertiary/aromatic N) is 4. The molecule has 0 saturated carbocycles. The molecule has 31 heavy (non-hydrogen) atoms. The average molecular weight is 560 g/mol. The maximum Gasteiger partial charge on any atom is 0.194 e. The van der Waals surface area contributed by atoms with Crippen molar-refractivity contribution in [3.63, 3.8) is 0 Å². The fourth-order valence-electron chi connectivity index (χ4n) is 3.41. The Morgan fingerprint density at radius 3 is 2.45 bits per heavy atom. The van der Waals surface area contributed by atoms with Crippen LogP contribution >= 0.6 is 35.3 Å². The molecule has 1 heterocycles. The molecule has 0 spiro atoms. The van der Waals surface area contributed by atoms with Gasteiger partial charge in [0.15, 0.2) is 5.96 Å². The molecule has 0 aliphatic carbocycles. The van der Waals surface area contributed by atoms with Crippen LogP contribution in [0.3, 0.4) is 0 Å². The fraction of sp³-hybridized carbons (Fsp3) is 0.565. The van der Waals surface area contributed by atoms with Crippen LogP contribution in [0.4, 0.5) is 0 Å². The number of hydrogen-bond donors (Lipinski definition) is 1. The Hall–Kier alpha value is -1.23. The molecule has 0 aliphatic heterocycles. The number of guanidine groups is 1. The van der Waals surface area contributed by atoms with Gasteiger partial charge < -0.3 is 15.0 Å². The lowest BCUT2D eigenvalue weighted by Gasteiger charge is -2.30. The van der Waals surface area contributed by atoms with Gasteiger partial charge in [-0.3, -0.25) is 9.89 Å².